The number of rotatable bonds is 6. The van der Waals surface area contributed by atoms with Gasteiger partial charge in [0.05, 0.1) is 0 Å². The largest absolute Gasteiger partial charge is 0.356 e. The predicted octanol–water partition coefficient (Wildman–Crippen LogP) is 3.97. The molecule has 0 aromatic rings. The van der Waals surface area contributed by atoms with Gasteiger partial charge in [0, 0.05) is 19.2 Å². The molecule has 0 saturated carbocycles. The number of hydrogen-bond acceptors (Lipinski definition) is 3. The highest BCUT2D eigenvalue weighted by Crippen LogP contribution is 2.17. The maximum atomic E-state index is 10.4. The van der Waals surface area contributed by atoms with Crippen LogP contribution in [0, 0.1) is 0 Å². The topological polar surface area (TPSA) is 29.1 Å². The van der Waals surface area contributed by atoms with Crippen molar-refractivity contribution in [1.29, 1.82) is 0 Å². The van der Waals surface area contributed by atoms with Crippen molar-refractivity contribution in [1.82, 2.24) is 5.32 Å². The Morgan fingerprint density at radius 1 is 1.13 bits per heavy atom. The minimum atomic E-state index is 0.0718. The lowest BCUT2D eigenvalue weighted by Gasteiger charge is -2.00. The number of nitrogens with one attached hydrogen (secondary N) is 1. The van der Waals surface area contributed by atoms with Crippen molar-refractivity contribution >= 4 is 27.5 Å². The lowest BCUT2D eigenvalue weighted by Crippen LogP contribution is -2.20. The summed E-state index contributed by atoms with van der Waals surface area (Å²) in [6, 6.07) is 0. The molecule has 0 rings (SSSR count). The van der Waals surface area contributed by atoms with Gasteiger partial charge in [-0.25, -0.2) is 0 Å². The molecule has 1 N–H and O–H groups in total. The second-order valence-electron chi connectivity index (χ2n) is 2.18. The van der Waals surface area contributed by atoms with Gasteiger partial charge in [0.15, 0.2) is 0 Å². The summed E-state index contributed by atoms with van der Waals surface area (Å²) in [4.78, 5) is 10.4. The third-order valence-electron chi connectivity index (χ3n) is 1.15. The molecule has 94 valence electrons. The zero-order chi connectivity index (χ0) is 12.5. The van der Waals surface area contributed by atoms with Gasteiger partial charge in [0.25, 0.3) is 0 Å². The summed E-state index contributed by atoms with van der Waals surface area (Å²) in [7, 11) is 3.67. The van der Waals surface area contributed by atoms with Gasteiger partial charge in [0.1, 0.15) is 0 Å². The summed E-state index contributed by atoms with van der Waals surface area (Å²) in [5, 5.41) is 2.77. The Hall–Kier alpha value is 0.170. The van der Waals surface area contributed by atoms with Gasteiger partial charge in [-0.1, -0.05) is 49.3 Å². The van der Waals surface area contributed by atoms with Crippen LogP contribution in [0.25, 0.3) is 0 Å². The fraction of sp³-hybridized carbons (Fsp3) is 0.909. The van der Waals surface area contributed by atoms with Crippen molar-refractivity contribution < 1.29 is 4.79 Å². The molecule has 0 aliphatic carbocycles. The van der Waals surface area contributed by atoms with Gasteiger partial charge in [0.2, 0.25) is 5.91 Å². The molecule has 0 fully saturated rings. The van der Waals surface area contributed by atoms with E-state index in [9.17, 15) is 4.79 Å². The number of carbonyl (C=O) groups excluding carboxylic acids is 1. The average Bonchev–Trinajstić information content (AvgIpc) is 2.28. The summed E-state index contributed by atoms with van der Waals surface area (Å²) < 4.78 is 0. The Kier molecular flexibility index (Phi) is 32.6. The van der Waals surface area contributed by atoms with Crippen LogP contribution in [0.5, 0.6) is 0 Å². The molecule has 0 atom stereocenters. The minimum Gasteiger partial charge on any atom is -0.356 e. The molecule has 15 heavy (non-hydrogen) atoms. The monoisotopic (exact) mass is 253 g/mol. The lowest BCUT2D eigenvalue weighted by atomic mass is 10.3. The van der Waals surface area contributed by atoms with Gasteiger partial charge in [-0.05, 0) is 19.1 Å². The average molecular weight is 253 g/mol. The van der Waals surface area contributed by atoms with Crippen LogP contribution in [0.15, 0.2) is 0 Å². The molecule has 1 amide bonds. The van der Waals surface area contributed by atoms with Crippen molar-refractivity contribution in [2.45, 2.75) is 47.5 Å². The highest BCUT2D eigenvalue weighted by molar-refractivity contribution is 8.76. The zero-order valence-electron chi connectivity index (χ0n) is 11.1. The molecule has 0 unspecified atom stereocenters. The lowest BCUT2D eigenvalue weighted by molar-refractivity contribution is -0.118. The Balaban J connectivity index is -0.000000318. The summed E-state index contributed by atoms with van der Waals surface area (Å²) in [6.45, 7) is 10.4. The van der Waals surface area contributed by atoms with Crippen LogP contribution < -0.4 is 5.32 Å². The Morgan fingerprint density at radius 2 is 1.67 bits per heavy atom. The van der Waals surface area contributed by atoms with E-state index in [4.69, 9.17) is 0 Å². The number of hydrogen-bond donors (Lipinski definition) is 1. The summed E-state index contributed by atoms with van der Waals surface area (Å²) in [6.07, 6.45) is 4.36. The van der Waals surface area contributed by atoms with Gasteiger partial charge in [-0.15, -0.1) is 0 Å². The van der Waals surface area contributed by atoms with Crippen LogP contribution in [0.1, 0.15) is 47.5 Å². The van der Waals surface area contributed by atoms with E-state index >= 15 is 0 Å². The normalized spacial score (nSPS) is 7.87. The van der Waals surface area contributed by atoms with E-state index in [1.54, 1.807) is 17.7 Å². The number of unbranched alkanes of at least 4 members (excludes halogenated alkanes) is 1. The van der Waals surface area contributed by atoms with E-state index in [0.29, 0.717) is 0 Å². The van der Waals surface area contributed by atoms with Crippen LogP contribution in [0.3, 0.4) is 0 Å². The molecule has 0 aliphatic rings. The van der Waals surface area contributed by atoms with Gasteiger partial charge >= 0.3 is 0 Å². The highest BCUT2D eigenvalue weighted by atomic mass is 33.1. The second-order valence-corrected chi connectivity index (χ2v) is 4.86. The molecule has 0 saturated heterocycles. The maximum absolute atomic E-state index is 10.4. The molecule has 0 aromatic carbocycles. The quantitative estimate of drug-likeness (QED) is 0.574. The molecule has 2 nitrogen and oxygen atoms in total. The van der Waals surface area contributed by atoms with Crippen molar-refractivity contribution in [3.8, 4) is 0 Å². The fourth-order valence-corrected chi connectivity index (χ4v) is 1.98. The predicted molar refractivity (Wildman–Crippen MR) is 76.6 cm³/mol. The van der Waals surface area contributed by atoms with Crippen LogP contribution >= 0.6 is 21.6 Å². The first-order valence-electron chi connectivity index (χ1n) is 5.67. The van der Waals surface area contributed by atoms with Crippen molar-refractivity contribution in [2.75, 3.05) is 18.6 Å². The van der Waals surface area contributed by atoms with Crippen LogP contribution in [-0.2, 0) is 4.79 Å². The smallest absolute Gasteiger partial charge is 0.216 e. The fourth-order valence-electron chi connectivity index (χ4n) is 0.634. The van der Waals surface area contributed by atoms with Crippen LogP contribution in [0.4, 0.5) is 0 Å². The first-order chi connectivity index (χ1) is 7.27. The van der Waals surface area contributed by atoms with Crippen molar-refractivity contribution in [2.24, 2.45) is 0 Å². The molecule has 4 heteroatoms. The van der Waals surface area contributed by atoms with Crippen molar-refractivity contribution in [3.63, 3.8) is 0 Å². The third-order valence-corrected chi connectivity index (χ3v) is 3.04. The molecule has 0 radical (unpaired) electrons. The summed E-state index contributed by atoms with van der Waals surface area (Å²) in [5.41, 5.74) is 0. The van der Waals surface area contributed by atoms with Crippen molar-refractivity contribution in [3.05, 3.63) is 0 Å². The standard InChI is InChI=1S/C7H15NOS2.2C2H6/c1-7(9)8-5-3-4-6-11-10-2;2*1-2/h3-6H2,1-2H3,(H,8,9);2*1-2H3. The molecule has 0 bridgehead atoms. The van der Waals surface area contributed by atoms with Gasteiger partial charge < -0.3 is 5.32 Å². The highest BCUT2D eigenvalue weighted by Gasteiger charge is 1.90. The minimum absolute atomic E-state index is 0.0718. The molecule has 0 aromatic heterocycles. The first kappa shape index (κ1) is 20.6. The number of carbonyl (C=O) groups is 1. The first-order valence-corrected chi connectivity index (χ1v) is 8.40. The molecular formula is C11H27NOS2. The Morgan fingerprint density at radius 3 is 2.07 bits per heavy atom. The molecule has 0 heterocycles. The van der Waals surface area contributed by atoms with E-state index < -0.39 is 0 Å². The van der Waals surface area contributed by atoms with E-state index in [0.717, 1.165) is 13.0 Å². The van der Waals surface area contributed by atoms with E-state index in [2.05, 4.69) is 11.6 Å². The van der Waals surface area contributed by atoms with Crippen LogP contribution in [0.2, 0.25) is 0 Å². The summed E-state index contributed by atoms with van der Waals surface area (Å²) >= 11 is 0. The third kappa shape index (κ3) is 31.4. The van der Waals surface area contributed by atoms with E-state index in [1.807, 2.05) is 38.5 Å². The molecule has 0 aliphatic heterocycles. The Labute approximate surface area is 104 Å². The van der Waals surface area contributed by atoms with E-state index in [1.165, 1.54) is 12.2 Å². The zero-order valence-corrected chi connectivity index (χ0v) is 12.7. The molecular weight excluding hydrogens is 226 g/mol. The second kappa shape index (κ2) is 23.8. The van der Waals surface area contributed by atoms with Gasteiger partial charge in [-0.3, -0.25) is 4.79 Å². The van der Waals surface area contributed by atoms with Gasteiger partial charge in [-0.2, -0.15) is 0 Å². The molecule has 0 spiro atoms. The Bertz CT molecular complexity index is 111. The summed E-state index contributed by atoms with van der Waals surface area (Å²) in [5.74, 6) is 1.25. The number of amides is 1. The maximum Gasteiger partial charge on any atom is 0.216 e. The van der Waals surface area contributed by atoms with E-state index in [-0.39, 0.29) is 5.91 Å². The van der Waals surface area contributed by atoms with Crippen LogP contribution in [-0.4, -0.2) is 24.5 Å². The SMILES string of the molecule is CC.CC.CSSCCCCNC(C)=O.